The van der Waals surface area contributed by atoms with Gasteiger partial charge in [-0.25, -0.2) is 4.79 Å². The minimum atomic E-state index is -0.999. The number of carbonyl (C=O) groups is 3. The Morgan fingerprint density at radius 1 is 1.07 bits per heavy atom. The van der Waals surface area contributed by atoms with Crippen molar-refractivity contribution in [3.63, 3.8) is 0 Å². The number of primary amides is 1. The number of esters is 1. The fourth-order valence-corrected chi connectivity index (χ4v) is 2.29. The summed E-state index contributed by atoms with van der Waals surface area (Å²) in [5.74, 6) is -0.970. The van der Waals surface area contributed by atoms with Crippen LogP contribution in [0, 0.1) is 0 Å². The topological polar surface area (TPSA) is 117 Å². The highest BCUT2D eigenvalue weighted by atomic mass is 16.6. The van der Waals surface area contributed by atoms with Crippen molar-refractivity contribution in [3.8, 4) is 11.5 Å². The molecule has 8 nitrogen and oxygen atoms in total. The van der Waals surface area contributed by atoms with E-state index in [2.05, 4.69) is 5.32 Å². The van der Waals surface area contributed by atoms with E-state index in [4.69, 9.17) is 19.9 Å². The number of benzene rings is 2. The molecular formula is C20H22N2O6. The van der Waals surface area contributed by atoms with Crippen LogP contribution in [0.1, 0.15) is 22.8 Å². The Morgan fingerprint density at radius 3 is 2.39 bits per heavy atom. The van der Waals surface area contributed by atoms with Crippen molar-refractivity contribution in [1.82, 2.24) is 5.32 Å². The van der Waals surface area contributed by atoms with E-state index in [-0.39, 0.29) is 17.9 Å². The number of amides is 2. The number of methoxy groups -OCH3 is 1. The number of ether oxygens (including phenoxy) is 3. The van der Waals surface area contributed by atoms with Gasteiger partial charge in [0.1, 0.15) is 11.5 Å². The Kier molecular flexibility index (Phi) is 7.38. The summed E-state index contributed by atoms with van der Waals surface area (Å²) in [4.78, 5) is 35.3. The third kappa shape index (κ3) is 6.01. The average Bonchev–Trinajstić information content (AvgIpc) is 2.70. The molecule has 0 spiro atoms. The van der Waals surface area contributed by atoms with Crippen LogP contribution in [0.25, 0.3) is 0 Å². The summed E-state index contributed by atoms with van der Waals surface area (Å²) >= 11 is 0. The number of hydrogen-bond donors (Lipinski definition) is 2. The molecule has 2 rings (SSSR count). The van der Waals surface area contributed by atoms with E-state index in [1.165, 1.54) is 19.1 Å². The van der Waals surface area contributed by atoms with Gasteiger partial charge in [-0.05, 0) is 36.8 Å². The smallest absolute Gasteiger partial charge is 0.344 e. The number of nitrogens with one attached hydrogen (secondary N) is 1. The van der Waals surface area contributed by atoms with Crippen LogP contribution < -0.4 is 20.5 Å². The van der Waals surface area contributed by atoms with Gasteiger partial charge >= 0.3 is 5.97 Å². The second-order valence-corrected chi connectivity index (χ2v) is 5.85. The zero-order valence-corrected chi connectivity index (χ0v) is 15.6. The van der Waals surface area contributed by atoms with Crippen LogP contribution in [0.5, 0.6) is 11.5 Å². The number of carbonyl (C=O) groups excluding carboxylic acids is 3. The minimum Gasteiger partial charge on any atom is -0.497 e. The Hall–Kier alpha value is -3.55. The van der Waals surface area contributed by atoms with E-state index >= 15 is 0 Å². The summed E-state index contributed by atoms with van der Waals surface area (Å²) in [6.45, 7) is 1.28. The second kappa shape index (κ2) is 9.96. The SMILES string of the molecule is COc1ccc(CNC(=O)[C@H](C)OC(=O)COc2ccccc2C(N)=O)cc1. The van der Waals surface area contributed by atoms with Gasteiger partial charge in [0.2, 0.25) is 0 Å². The zero-order chi connectivity index (χ0) is 20.5. The summed E-state index contributed by atoms with van der Waals surface area (Å²) < 4.78 is 15.4. The van der Waals surface area contributed by atoms with Crippen LogP contribution >= 0.6 is 0 Å². The fourth-order valence-electron chi connectivity index (χ4n) is 2.29. The van der Waals surface area contributed by atoms with Crippen molar-refractivity contribution in [2.45, 2.75) is 19.6 Å². The largest absolute Gasteiger partial charge is 0.497 e. The van der Waals surface area contributed by atoms with Crippen LogP contribution in [0.3, 0.4) is 0 Å². The van der Waals surface area contributed by atoms with E-state index in [0.29, 0.717) is 0 Å². The summed E-state index contributed by atoms with van der Waals surface area (Å²) in [7, 11) is 1.57. The van der Waals surface area contributed by atoms with Crippen LogP contribution in [-0.2, 0) is 20.9 Å². The van der Waals surface area contributed by atoms with Crippen molar-refractivity contribution in [1.29, 1.82) is 0 Å². The lowest BCUT2D eigenvalue weighted by Crippen LogP contribution is -2.36. The lowest BCUT2D eigenvalue weighted by Gasteiger charge is -2.14. The predicted octanol–water partition coefficient (Wildman–Crippen LogP) is 1.42. The second-order valence-electron chi connectivity index (χ2n) is 5.85. The number of nitrogens with two attached hydrogens (primary N) is 1. The van der Waals surface area contributed by atoms with Gasteiger partial charge in [-0.15, -0.1) is 0 Å². The van der Waals surface area contributed by atoms with Gasteiger partial charge in [-0.3, -0.25) is 9.59 Å². The summed E-state index contributed by atoms with van der Waals surface area (Å²) in [5, 5.41) is 2.68. The number of rotatable bonds is 9. The van der Waals surface area contributed by atoms with Crippen molar-refractivity contribution in [3.05, 3.63) is 59.7 Å². The Morgan fingerprint density at radius 2 is 1.75 bits per heavy atom. The van der Waals surface area contributed by atoms with E-state index in [0.717, 1.165) is 11.3 Å². The maximum atomic E-state index is 12.1. The first-order valence-electron chi connectivity index (χ1n) is 8.52. The molecule has 1 atom stereocenters. The Balaban J connectivity index is 1.79. The van der Waals surface area contributed by atoms with Gasteiger partial charge in [0, 0.05) is 6.54 Å². The molecule has 8 heteroatoms. The molecule has 0 fully saturated rings. The van der Waals surface area contributed by atoms with Crippen molar-refractivity contribution in [2.75, 3.05) is 13.7 Å². The molecule has 0 aliphatic rings. The maximum absolute atomic E-state index is 12.1. The first kappa shape index (κ1) is 20.8. The fraction of sp³-hybridized carbons (Fsp3) is 0.250. The van der Waals surface area contributed by atoms with Crippen LogP contribution in [-0.4, -0.2) is 37.6 Å². The van der Waals surface area contributed by atoms with E-state index in [1.54, 1.807) is 31.4 Å². The molecule has 2 aromatic rings. The third-order valence-electron chi connectivity index (χ3n) is 3.80. The summed E-state index contributed by atoms with van der Waals surface area (Å²) in [6, 6.07) is 13.5. The molecule has 0 aromatic heterocycles. The molecule has 2 aromatic carbocycles. The average molecular weight is 386 g/mol. The van der Waals surface area contributed by atoms with Gasteiger partial charge in [-0.2, -0.15) is 0 Å². The summed E-state index contributed by atoms with van der Waals surface area (Å²) in [5.41, 5.74) is 6.27. The van der Waals surface area contributed by atoms with Crippen LogP contribution in [0.2, 0.25) is 0 Å². The molecule has 28 heavy (non-hydrogen) atoms. The van der Waals surface area contributed by atoms with Crippen molar-refractivity contribution < 1.29 is 28.6 Å². The monoisotopic (exact) mass is 386 g/mol. The molecule has 0 heterocycles. The van der Waals surface area contributed by atoms with Gasteiger partial charge in [0.15, 0.2) is 12.7 Å². The minimum absolute atomic E-state index is 0.153. The van der Waals surface area contributed by atoms with E-state index < -0.39 is 30.5 Å². The predicted molar refractivity (Wildman–Crippen MR) is 101 cm³/mol. The quantitative estimate of drug-likeness (QED) is 0.630. The molecule has 0 aliphatic heterocycles. The summed E-state index contributed by atoms with van der Waals surface area (Å²) in [6.07, 6.45) is -0.999. The highest BCUT2D eigenvalue weighted by Gasteiger charge is 2.18. The maximum Gasteiger partial charge on any atom is 0.344 e. The first-order valence-corrected chi connectivity index (χ1v) is 8.52. The molecule has 0 bridgehead atoms. The molecule has 0 aliphatic carbocycles. The van der Waals surface area contributed by atoms with Crippen LogP contribution in [0.4, 0.5) is 0 Å². The Bertz CT molecular complexity index is 835. The van der Waals surface area contributed by atoms with Gasteiger partial charge in [0.25, 0.3) is 11.8 Å². The lowest BCUT2D eigenvalue weighted by molar-refractivity contribution is -0.156. The van der Waals surface area contributed by atoms with Crippen molar-refractivity contribution in [2.24, 2.45) is 5.73 Å². The third-order valence-corrected chi connectivity index (χ3v) is 3.80. The Labute approximate surface area is 162 Å². The van der Waals surface area contributed by atoms with Gasteiger partial charge in [0.05, 0.1) is 12.7 Å². The molecule has 148 valence electrons. The first-order chi connectivity index (χ1) is 13.4. The molecule has 2 amide bonds. The van der Waals surface area contributed by atoms with Crippen LogP contribution in [0.15, 0.2) is 48.5 Å². The van der Waals surface area contributed by atoms with Crippen molar-refractivity contribution >= 4 is 17.8 Å². The number of hydrogen-bond acceptors (Lipinski definition) is 6. The highest BCUT2D eigenvalue weighted by Crippen LogP contribution is 2.17. The van der Waals surface area contributed by atoms with E-state index in [9.17, 15) is 14.4 Å². The molecule has 0 unspecified atom stereocenters. The number of para-hydroxylation sites is 1. The molecule has 0 radical (unpaired) electrons. The molecule has 0 saturated heterocycles. The molecular weight excluding hydrogens is 364 g/mol. The standard InChI is InChI=1S/C20H22N2O6/c1-13(20(25)22-11-14-7-9-15(26-2)10-8-14)28-18(23)12-27-17-6-4-3-5-16(17)19(21)24/h3-10,13H,11-12H2,1-2H3,(H2,21,24)(H,22,25)/t13-/m0/s1. The lowest BCUT2D eigenvalue weighted by atomic mass is 10.2. The van der Waals surface area contributed by atoms with Gasteiger partial charge < -0.3 is 25.3 Å². The molecule has 3 N–H and O–H groups in total. The zero-order valence-electron chi connectivity index (χ0n) is 15.6. The normalized spacial score (nSPS) is 11.2. The van der Waals surface area contributed by atoms with E-state index in [1.807, 2.05) is 12.1 Å². The highest BCUT2D eigenvalue weighted by molar-refractivity contribution is 5.95. The van der Waals surface area contributed by atoms with Gasteiger partial charge in [-0.1, -0.05) is 24.3 Å². The molecule has 0 saturated carbocycles.